The molecule has 0 radical (unpaired) electrons. The van der Waals surface area contributed by atoms with Crippen molar-refractivity contribution in [2.45, 2.75) is 18.9 Å². The second-order valence-electron chi connectivity index (χ2n) is 4.35. The van der Waals surface area contributed by atoms with E-state index >= 15 is 0 Å². The van der Waals surface area contributed by atoms with Crippen LogP contribution in [-0.4, -0.2) is 13.7 Å². The van der Waals surface area contributed by atoms with Crippen molar-refractivity contribution in [1.29, 1.82) is 0 Å². The van der Waals surface area contributed by atoms with Crippen LogP contribution in [0.2, 0.25) is 0 Å². The van der Waals surface area contributed by atoms with Crippen LogP contribution < -0.4 is 10.2 Å². The van der Waals surface area contributed by atoms with E-state index < -0.39 is 0 Å². The normalized spacial score (nSPS) is 19.3. The van der Waals surface area contributed by atoms with Crippen molar-refractivity contribution in [3.63, 3.8) is 0 Å². The second kappa shape index (κ2) is 4.46. The van der Waals surface area contributed by atoms with Crippen molar-refractivity contribution < 1.29 is 13.9 Å². The summed E-state index contributed by atoms with van der Waals surface area (Å²) in [5, 5.41) is 0.488. The lowest BCUT2D eigenvalue weighted by Gasteiger charge is -2.10. The molecule has 1 fully saturated rings. The van der Waals surface area contributed by atoms with Gasteiger partial charge in [0, 0.05) is 12.7 Å². The van der Waals surface area contributed by atoms with E-state index in [2.05, 4.69) is 0 Å². The van der Waals surface area contributed by atoms with Gasteiger partial charge in [-0.3, -0.25) is 4.79 Å². The van der Waals surface area contributed by atoms with Crippen molar-refractivity contribution in [2.75, 3.05) is 13.7 Å². The van der Waals surface area contributed by atoms with Gasteiger partial charge in [0.25, 0.3) is 0 Å². The van der Waals surface area contributed by atoms with Crippen LogP contribution in [0, 0.1) is 0 Å². The molecule has 1 atom stereocenters. The lowest BCUT2D eigenvalue weighted by molar-refractivity contribution is 0.0939. The molecule has 1 aromatic heterocycles. The molecule has 1 aromatic carbocycles. The van der Waals surface area contributed by atoms with Crippen molar-refractivity contribution >= 4 is 11.0 Å². The predicted octanol–water partition coefficient (Wildman–Crippen LogP) is 2.65. The first-order valence-corrected chi connectivity index (χ1v) is 6.02. The van der Waals surface area contributed by atoms with E-state index in [9.17, 15) is 4.79 Å². The highest BCUT2D eigenvalue weighted by Gasteiger charge is 2.21. The summed E-state index contributed by atoms with van der Waals surface area (Å²) in [4.78, 5) is 12.1. The molecule has 0 amide bonds. The average Bonchev–Trinajstić information content (AvgIpc) is 2.91. The zero-order valence-corrected chi connectivity index (χ0v) is 10.1. The van der Waals surface area contributed by atoms with Crippen molar-refractivity contribution in [1.82, 2.24) is 0 Å². The van der Waals surface area contributed by atoms with Gasteiger partial charge in [-0.2, -0.15) is 0 Å². The highest BCUT2D eigenvalue weighted by Crippen LogP contribution is 2.30. The first-order chi connectivity index (χ1) is 8.79. The molecule has 0 aliphatic carbocycles. The summed E-state index contributed by atoms with van der Waals surface area (Å²) in [5.41, 5.74) is 0.464. The van der Waals surface area contributed by atoms with Crippen LogP contribution in [0.3, 0.4) is 0 Å². The Morgan fingerprint density at radius 3 is 3.00 bits per heavy atom. The molecule has 4 nitrogen and oxygen atoms in total. The van der Waals surface area contributed by atoms with Crippen molar-refractivity contribution in [2.24, 2.45) is 0 Å². The fourth-order valence-electron chi connectivity index (χ4n) is 2.33. The van der Waals surface area contributed by atoms with E-state index in [0.29, 0.717) is 22.5 Å². The van der Waals surface area contributed by atoms with Crippen LogP contribution in [0.15, 0.2) is 33.5 Å². The fourth-order valence-corrected chi connectivity index (χ4v) is 2.33. The Hall–Kier alpha value is -1.81. The van der Waals surface area contributed by atoms with E-state index in [4.69, 9.17) is 13.9 Å². The molecular weight excluding hydrogens is 232 g/mol. The van der Waals surface area contributed by atoms with Crippen LogP contribution in [-0.2, 0) is 4.74 Å². The highest BCUT2D eigenvalue weighted by molar-refractivity contribution is 5.83. The third-order valence-corrected chi connectivity index (χ3v) is 3.20. The number of hydrogen-bond acceptors (Lipinski definition) is 4. The maximum absolute atomic E-state index is 12.1. The second-order valence-corrected chi connectivity index (χ2v) is 4.35. The first-order valence-electron chi connectivity index (χ1n) is 6.02. The molecule has 0 N–H and O–H groups in total. The molecule has 1 unspecified atom stereocenters. The Balaban J connectivity index is 2.19. The molecule has 1 saturated heterocycles. The van der Waals surface area contributed by atoms with Gasteiger partial charge in [0.2, 0.25) is 0 Å². The quantitative estimate of drug-likeness (QED) is 0.817. The van der Waals surface area contributed by atoms with Crippen molar-refractivity contribution in [3.05, 3.63) is 40.2 Å². The van der Waals surface area contributed by atoms with Gasteiger partial charge >= 0.3 is 0 Å². The highest BCUT2D eigenvalue weighted by atomic mass is 16.5. The predicted molar refractivity (Wildman–Crippen MR) is 67.0 cm³/mol. The summed E-state index contributed by atoms with van der Waals surface area (Å²) in [6.45, 7) is 0.727. The molecule has 1 aliphatic heterocycles. The number of rotatable bonds is 2. The van der Waals surface area contributed by atoms with E-state index in [1.807, 2.05) is 6.07 Å². The number of methoxy groups -OCH3 is 1. The molecule has 2 aromatic rings. The van der Waals surface area contributed by atoms with E-state index in [1.54, 1.807) is 19.2 Å². The first kappa shape index (κ1) is 11.3. The topological polar surface area (TPSA) is 48.7 Å². The van der Waals surface area contributed by atoms with Gasteiger partial charge in [-0.1, -0.05) is 6.07 Å². The Morgan fingerprint density at radius 1 is 1.39 bits per heavy atom. The van der Waals surface area contributed by atoms with Gasteiger partial charge in [0.15, 0.2) is 5.43 Å². The summed E-state index contributed by atoms with van der Waals surface area (Å²) in [7, 11) is 1.54. The number of ether oxygens (including phenoxy) is 2. The zero-order valence-electron chi connectivity index (χ0n) is 10.1. The van der Waals surface area contributed by atoms with Gasteiger partial charge in [-0.05, 0) is 25.0 Å². The number of fused-ring (bicyclic) bond motifs is 1. The van der Waals surface area contributed by atoms with Gasteiger partial charge in [-0.25, -0.2) is 0 Å². The largest absolute Gasteiger partial charge is 0.496 e. The zero-order chi connectivity index (χ0) is 12.5. The molecule has 0 saturated carbocycles. The molecule has 0 bridgehead atoms. The molecule has 94 valence electrons. The van der Waals surface area contributed by atoms with Crippen LogP contribution in [0.25, 0.3) is 11.0 Å². The van der Waals surface area contributed by atoms with E-state index in [1.165, 1.54) is 6.07 Å². The third kappa shape index (κ3) is 1.78. The molecule has 2 heterocycles. The number of benzene rings is 1. The monoisotopic (exact) mass is 246 g/mol. The van der Waals surface area contributed by atoms with E-state index in [-0.39, 0.29) is 11.5 Å². The Bertz CT molecular complexity index is 623. The molecule has 4 heteroatoms. The molecule has 0 spiro atoms. The standard InChI is InChI=1S/C14H14O4/c1-16-11-4-2-5-12-14(11)9(15)8-13(18-12)10-6-3-7-17-10/h2,4-5,8,10H,3,6-7H2,1H3. The van der Waals surface area contributed by atoms with Crippen molar-refractivity contribution in [3.8, 4) is 5.75 Å². The molecule has 3 rings (SSSR count). The average molecular weight is 246 g/mol. The van der Waals surface area contributed by atoms with Crippen LogP contribution in [0.1, 0.15) is 24.7 Å². The van der Waals surface area contributed by atoms with Gasteiger partial charge in [-0.15, -0.1) is 0 Å². The van der Waals surface area contributed by atoms with Crippen LogP contribution >= 0.6 is 0 Å². The van der Waals surface area contributed by atoms with Gasteiger partial charge in [0.05, 0.1) is 7.11 Å². The maximum Gasteiger partial charge on any atom is 0.196 e. The number of hydrogen-bond donors (Lipinski definition) is 0. The van der Waals surface area contributed by atoms with Gasteiger partial charge < -0.3 is 13.9 Å². The fraction of sp³-hybridized carbons (Fsp3) is 0.357. The summed E-state index contributed by atoms with van der Waals surface area (Å²) in [6.07, 6.45) is 1.82. The van der Waals surface area contributed by atoms with Gasteiger partial charge in [0.1, 0.15) is 28.6 Å². The molecular formula is C14H14O4. The summed E-state index contributed by atoms with van der Waals surface area (Å²) >= 11 is 0. The summed E-state index contributed by atoms with van der Waals surface area (Å²) in [6, 6.07) is 6.85. The minimum Gasteiger partial charge on any atom is -0.496 e. The summed E-state index contributed by atoms with van der Waals surface area (Å²) in [5.74, 6) is 1.15. The molecule has 18 heavy (non-hydrogen) atoms. The smallest absolute Gasteiger partial charge is 0.196 e. The van der Waals surface area contributed by atoms with Crippen LogP contribution in [0.5, 0.6) is 5.75 Å². The SMILES string of the molecule is COc1cccc2oc(C3CCCO3)cc(=O)c12. The minimum atomic E-state index is -0.0895. The maximum atomic E-state index is 12.1. The Kier molecular flexibility index (Phi) is 2.80. The van der Waals surface area contributed by atoms with Crippen LogP contribution in [0.4, 0.5) is 0 Å². The lowest BCUT2D eigenvalue weighted by atomic mass is 10.1. The Labute approximate surface area is 104 Å². The van der Waals surface area contributed by atoms with E-state index in [0.717, 1.165) is 19.4 Å². The third-order valence-electron chi connectivity index (χ3n) is 3.20. The summed E-state index contributed by atoms with van der Waals surface area (Å²) < 4.78 is 16.5. The minimum absolute atomic E-state index is 0.0841. The lowest BCUT2D eigenvalue weighted by Crippen LogP contribution is -2.06. The molecule has 1 aliphatic rings. The Morgan fingerprint density at radius 2 is 2.28 bits per heavy atom.